The number of carbonyl (C=O) groups is 1. The number of allylic oxidation sites excluding steroid dienone is 1. The highest BCUT2D eigenvalue weighted by Crippen LogP contribution is 2.32. The molecule has 4 aromatic rings. The van der Waals surface area contributed by atoms with Crippen LogP contribution in [-0.2, 0) is 11.3 Å². The lowest BCUT2D eigenvalue weighted by Crippen LogP contribution is -2.24. The molecule has 2 aromatic carbocycles. The number of amides is 1. The molecule has 0 saturated carbocycles. The molecule has 0 atom stereocenters. The Bertz CT molecular complexity index is 1490. The van der Waals surface area contributed by atoms with Crippen LogP contribution in [0.1, 0.15) is 22.8 Å². The highest BCUT2D eigenvalue weighted by molar-refractivity contribution is 6.30. The monoisotopic (exact) mass is 517 g/mol. The van der Waals surface area contributed by atoms with Gasteiger partial charge in [0.2, 0.25) is 5.91 Å². The smallest absolute Gasteiger partial charge is 0.243 e. The maximum atomic E-state index is 11.9. The fourth-order valence-electron chi connectivity index (χ4n) is 3.81. The second-order valence-corrected chi connectivity index (χ2v) is 9.13. The third-order valence-electron chi connectivity index (χ3n) is 5.76. The minimum atomic E-state index is -0.122. The Labute approximate surface area is 220 Å². The molecule has 0 fully saturated rings. The predicted octanol–water partition coefficient (Wildman–Crippen LogP) is 4.63. The van der Waals surface area contributed by atoms with Crippen molar-refractivity contribution in [1.29, 1.82) is 0 Å². The van der Waals surface area contributed by atoms with Gasteiger partial charge in [-0.05, 0) is 49.2 Å². The SMILES string of the molecule is Cc1noc(C)c1-c1ccc2nc(C(C=NCC(=O)N(C)C)=CN)nc(NCc3cccc(Cl)c3)c2c1. The van der Waals surface area contributed by atoms with Crippen molar-refractivity contribution in [1.82, 2.24) is 20.0 Å². The molecular formula is C27H28ClN7O2. The largest absolute Gasteiger partial charge is 0.404 e. The molecule has 0 saturated heterocycles. The van der Waals surface area contributed by atoms with Gasteiger partial charge in [-0.1, -0.05) is 35.0 Å². The highest BCUT2D eigenvalue weighted by atomic mass is 35.5. The highest BCUT2D eigenvalue weighted by Gasteiger charge is 2.16. The van der Waals surface area contributed by atoms with Gasteiger partial charge in [0.15, 0.2) is 5.82 Å². The number of fused-ring (bicyclic) bond motifs is 1. The summed E-state index contributed by atoms with van der Waals surface area (Å²) in [5, 5.41) is 8.98. The molecule has 2 heterocycles. The summed E-state index contributed by atoms with van der Waals surface area (Å²) in [6.07, 6.45) is 2.89. The van der Waals surface area contributed by atoms with Gasteiger partial charge < -0.3 is 20.5 Å². The minimum absolute atomic E-state index is 0.00140. The number of aromatic nitrogens is 3. The van der Waals surface area contributed by atoms with Crippen molar-refractivity contribution in [3.05, 3.63) is 76.5 Å². The Balaban J connectivity index is 1.76. The maximum absolute atomic E-state index is 11.9. The maximum Gasteiger partial charge on any atom is 0.243 e. The molecule has 37 heavy (non-hydrogen) atoms. The van der Waals surface area contributed by atoms with Crippen LogP contribution in [0.15, 0.2) is 58.2 Å². The van der Waals surface area contributed by atoms with Crippen molar-refractivity contribution in [2.45, 2.75) is 20.4 Å². The van der Waals surface area contributed by atoms with E-state index in [1.165, 1.54) is 17.3 Å². The molecule has 0 aliphatic rings. The number of rotatable bonds is 8. The molecule has 10 heteroatoms. The number of hydrogen-bond donors (Lipinski definition) is 2. The van der Waals surface area contributed by atoms with E-state index in [0.717, 1.165) is 33.5 Å². The number of nitrogens with one attached hydrogen (secondary N) is 1. The second-order valence-electron chi connectivity index (χ2n) is 8.69. The summed E-state index contributed by atoms with van der Waals surface area (Å²) >= 11 is 6.17. The first-order valence-corrected chi connectivity index (χ1v) is 12.0. The lowest BCUT2D eigenvalue weighted by Gasteiger charge is -2.13. The molecule has 0 aliphatic carbocycles. The molecule has 3 N–H and O–H groups in total. The topological polar surface area (TPSA) is 123 Å². The number of nitrogens with two attached hydrogens (primary N) is 1. The Morgan fingerprint density at radius 3 is 2.68 bits per heavy atom. The number of nitrogens with zero attached hydrogens (tertiary/aromatic N) is 5. The van der Waals surface area contributed by atoms with Gasteiger partial charge in [-0.2, -0.15) is 0 Å². The Hall–Kier alpha value is -4.24. The van der Waals surface area contributed by atoms with Crippen LogP contribution in [0.2, 0.25) is 5.02 Å². The van der Waals surface area contributed by atoms with Gasteiger partial charge >= 0.3 is 0 Å². The summed E-state index contributed by atoms with van der Waals surface area (Å²) in [6, 6.07) is 13.5. The molecule has 0 aliphatic heterocycles. The molecule has 1 amide bonds. The van der Waals surface area contributed by atoms with E-state index < -0.39 is 0 Å². The molecule has 0 bridgehead atoms. The van der Waals surface area contributed by atoms with Crippen LogP contribution in [0.4, 0.5) is 5.82 Å². The fraction of sp³-hybridized carbons (Fsp3) is 0.222. The number of benzene rings is 2. The van der Waals surface area contributed by atoms with Gasteiger partial charge in [-0.3, -0.25) is 9.79 Å². The van der Waals surface area contributed by atoms with Gasteiger partial charge in [-0.15, -0.1) is 0 Å². The zero-order valence-corrected chi connectivity index (χ0v) is 21.9. The molecule has 9 nitrogen and oxygen atoms in total. The fourth-order valence-corrected chi connectivity index (χ4v) is 4.03. The molecular weight excluding hydrogens is 490 g/mol. The van der Waals surface area contributed by atoms with Crippen molar-refractivity contribution >= 4 is 46.0 Å². The first kappa shape index (κ1) is 25.8. The van der Waals surface area contributed by atoms with E-state index in [9.17, 15) is 4.79 Å². The van der Waals surface area contributed by atoms with Crippen molar-refractivity contribution in [2.24, 2.45) is 10.7 Å². The third kappa shape index (κ3) is 5.95. The summed E-state index contributed by atoms with van der Waals surface area (Å²) < 4.78 is 5.37. The van der Waals surface area contributed by atoms with Crippen molar-refractivity contribution in [3.63, 3.8) is 0 Å². The summed E-state index contributed by atoms with van der Waals surface area (Å²) in [5.74, 6) is 1.61. The average molecular weight is 518 g/mol. The number of hydrogen-bond acceptors (Lipinski definition) is 8. The lowest BCUT2D eigenvalue weighted by atomic mass is 10.0. The predicted molar refractivity (Wildman–Crippen MR) is 148 cm³/mol. The zero-order valence-electron chi connectivity index (χ0n) is 21.1. The second kappa shape index (κ2) is 11.2. The van der Waals surface area contributed by atoms with Crippen LogP contribution in [-0.4, -0.2) is 52.8 Å². The van der Waals surface area contributed by atoms with E-state index >= 15 is 0 Å². The average Bonchev–Trinajstić information content (AvgIpc) is 3.22. The molecule has 0 spiro atoms. The van der Waals surface area contributed by atoms with Crippen LogP contribution >= 0.6 is 11.6 Å². The van der Waals surface area contributed by atoms with Crippen molar-refractivity contribution in [2.75, 3.05) is 26.0 Å². The summed E-state index contributed by atoms with van der Waals surface area (Å²) in [7, 11) is 3.36. The van der Waals surface area contributed by atoms with E-state index in [4.69, 9.17) is 31.8 Å². The Morgan fingerprint density at radius 2 is 2.00 bits per heavy atom. The van der Waals surface area contributed by atoms with Crippen LogP contribution < -0.4 is 11.1 Å². The molecule has 190 valence electrons. The number of halogens is 1. The normalized spacial score (nSPS) is 11.9. The molecule has 0 unspecified atom stereocenters. The molecule has 2 aromatic heterocycles. The standard InChI is InChI=1S/C27H28ClN7O2/c1-16-25(17(2)37-34-16)19-8-9-23-22(11-19)27(31-13-18-6-5-7-21(28)10-18)33-26(32-23)20(12-29)14-30-15-24(36)35(3)4/h5-12,14H,13,15,29H2,1-4H3,(H,31,32,33). The Morgan fingerprint density at radius 1 is 1.19 bits per heavy atom. The van der Waals surface area contributed by atoms with E-state index in [0.29, 0.717) is 34.3 Å². The Kier molecular flexibility index (Phi) is 7.83. The van der Waals surface area contributed by atoms with Gasteiger partial charge in [0.25, 0.3) is 0 Å². The van der Waals surface area contributed by atoms with Crippen molar-refractivity contribution in [3.8, 4) is 11.1 Å². The number of anilines is 1. The quantitative estimate of drug-likeness (QED) is 0.327. The number of carbonyl (C=O) groups excluding carboxylic acids is 1. The van der Waals surface area contributed by atoms with Crippen LogP contribution in [0, 0.1) is 13.8 Å². The number of aliphatic imine (C=N–C) groups is 1. The summed E-state index contributed by atoms with van der Waals surface area (Å²) in [5.41, 5.74) is 10.8. The number of aryl methyl sites for hydroxylation is 2. The molecule has 4 rings (SSSR count). The van der Waals surface area contributed by atoms with Gasteiger partial charge in [0, 0.05) is 49.0 Å². The van der Waals surface area contributed by atoms with Crippen LogP contribution in [0.25, 0.3) is 27.6 Å². The summed E-state index contributed by atoms with van der Waals surface area (Å²) in [6.45, 7) is 4.29. The first-order valence-electron chi connectivity index (χ1n) is 11.6. The van der Waals surface area contributed by atoms with E-state index in [-0.39, 0.29) is 12.5 Å². The van der Waals surface area contributed by atoms with Gasteiger partial charge in [-0.25, -0.2) is 9.97 Å². The van der Waals surface area contributed by atoms with Crippen LogP contribution in [0.5, 0.6) is 0 Å². The minimum Gasteiger partial charge on any atom is -0.404 e. The number of likely N-dealkylation sites (N-methyl/N-ethyl adjacent to an activating group) is 1. The first-order chi connectivity index (χ1) is 17.8. The van der Waals surface area contributed by atoms with E-state index in [2.05, 4.69) is 15.5 Å². The van der Waals surface area contributed by atoms with E-state index in [1.54, 1.807) is 14.1 Å². The third-order valence-corrected chi connectivity index (χ3v) is 6.00. The van der Waals surface area contributed by atoms with E-state index in [1.807, 2.05) is 56.3 Å². The summed E-state index contributed by atoms with van der Waals surface area (Å²) in [4.78, 5) is 27.1. The van der Waals surface area contributed by atoms with Crippen LogP contribution in [0.3, 0.4) is 0 Å². The lowest BCUT2D eigenvalue weighted by molar-refractivity contribution is -0.127. The van der Waals surface area contributed by atoms with Gasteiger partial charge in [0.1, 0.15) is 18.1 Å². The van der Waals surface area contributed by atoms with Gasteiger partial charge in [0.05, 0.1) is 16.8 Å². The zero-order chi connectivity index (χ0) is 26.5. The van der Waals surface area contributed by atoms with Crippen molar-refractivity contribution < 1.29 is 9.32 Å². The molecule has 0 radical (unpaired) electrons.